The minimum absolute atomic E-state index is 0.357. The van der Waals surface area contributed by atoms with E-state index in [-0.39, 0.29) is 5.91 Å². The van der Waals surface area contributed by atoms with Crippen LogP contribution in [0.2, 0.25) is 0 Å². The van der Waals surface area contributed by atoms with E-state index in [1.54, 1.807) is 37.4 Å². The minimum atomic E-state index is -0.931. The molecule has 6 nitrogen and oxygen atoms in total. The third kappa shape index (κ3) is 4.59. The molecule has 0 unspecified atom stereocenters. The number of amides is 1. The standard InChI is InChI=1S/C25H21NO5/c1-16-8-12-21(29-2)20(14-16)26-25(28)24(18-6-4-3-5-7-18)30-19-11-9-17-10-13-23(27)31-22(17)15-19/h3-15,24H,1-2H3,(H,26,28)/t24-/m0/s1. The van der Waals surface area contributed by atoms with Crippen LogP contribution in [0.4, 0.5) is 5.69 Å². The van der Waals surface area contributed by atoms with E-state index in [0.29, 0.717) is 28.3 Å². The lowest BCUT2D eigenvalue weighted by atomic mass is 10.1. The lowest BCUT2D eigenvalue weighted by molar-refractivity contribution is -0.123. The molecule has 0 aliphatic carbocycles. The third-order valence-corrected chi connectivity index (χ3v) is 4.80. The van der Waals surface area contributed by atoms with Gasteiger partial charge in [-0.3, -0.25) is 4.79 Å². The molecule has 0 aliphatic rings. The maximum Gasteiger partial charge on any atom is 0.336 e. The second kappa shape index (κ2) is 8.75. The van der Waals surface area contributed by atoms with Crippen LogP contribution in [-0.2, 0) is 4.79 Å². The number of methoxy groups -OCH3 is 1. The van der Waals surface area contributed by atoms with Crippen molar-refractivity contribution in [2.75, 3.05) is 12.4 Å². The summed E-state index contributed by atoms with van der Waals surface area (Å²) in [5, 5.41) is 3.67. The van der Waals surface area contributed by atoms with E-state index >= 15 is 0 Å². The number of rotatable bonds is 6. The second-order valence-electron chi connectivity index (χ2n) is 7.06. The SMILES string of the molecule is COc1ccc(C)cc1NC(=O)[C@@H](Oc1ccc2ccc(=O)oc2c1)c1ccccc1. The Kier molecular flexibility index (Phi) is 5.71. The van der Waals surface area contributed by atoms with E-state index in [1.165, 1.54) is 6.07 Å². The molecule has 0 radical (unpaired) electrons. The predicted molar refractivity (Wildman–Crippen MR) is 119 cm³/mol. The van der Waals surface area contributed by atoms with Crippen LogP contribution in [0.1, 0.15) is 17.2 Å². The van der Waals surface area contributed by atoms with Crippen LogP contribution < -0.4 is 20.4 Å². The molecule has 4 rings (SSSR count). The molecular weight excluding hydrogens is 394 g/mol. The molecule has 1 aromatic heterocycles. The zero-order valence-electron chi connectivity index (χ0n) is 17.1. The molecule has 1 amide bonds. The molecule has 156 valence electrons. The fourth-order valence-corrected chi connectivity index (χ4v) is 3.27. The van der Waals surface area contributed by atoms with Crippen LogP contribution in [-0.4, -0.2) is 13.0 Å². The Hall–Kier alpha value is -4.06. The number of nitrogens with one attached hydrogen (secondary N) is 1. The van der Waals surface area contributed by atoms with Crippen LogP contribution in [0.15, 0.2) is 88.1 Å². The lowest BCUT2D eigenvalue weighted by Crippen LogP contribution is -2.26. The highest BCUT2D eigenvalue weighted by molar-refractivity contribution is 5.96. The van der Waals surface area contributed by atoms with Crippen molar-refractivity contribution in [2.24, 2.45) is 0 Å². The van der Waals surface area contributed by atoms with Gasteiger partial charge in [0.25, 0.3) is 5.91 Å². The van der Waals surface area contributed by atoms with Crippen molar-refractivity contribution in [1.82, 2.24) is 0 Å². The number of anilines is 1. The predicted octanol–water partition coefficient (Wildman–Crippen LogP) is 4.87. The highest BCUT2D eigenvalue weighted by Gasteiger charge is 2.24. The number of benzene rings is 3. The number of aryl methyl sites for hydroxylation is 1. The Labute approximate surface area is 179 Å². The molecule has 4 aromatic rings. The van der Waals surface area contributed by atoms with Crippen molar-refractivity contribution in [1.29, 1.82) is 0 Å². The van der Waals surface area contributed by atoms with Gasteiger partial charge in [0.1, 0.15) is 17.1 Å². The first-order valence-electron chi connectivity index (χ1n) is 9.74. The van der Waals surface area contributed by atoms with Crippen molar-refractivity contribution < 1.29 is 18.7 Å². The molecule has 1 heterocycles. The molecular formula is C25H21NO5. The molecule has 0 fully saturated rings. The van der Waals surface area contributed by atoms with Gasteiger partial charge in [0.2, 0.25) is 6.10 Å². The topological polar surface area (TPSA) is 77.8 Å². The zero-order chi connectivity index (χ0) is 21.8. The molecule has 1 N–H and O–H groups in total. The largest absolute Gasteiger partial charge is 0.495 e. The molecule has 0 aliphatic heterocycles. The summed E-state index contributed by atoms with van der Waals surface area (Å²) in [6.45, 7) is 1.93. The van der Waals surface area contributed by atoms with Gasteiger partial charge in [-0.1, -0.05) is 36.4 Å². The molecule has 0 bridgehead atoms. The van der Waals surface area contributed by atoms with E-state index in [4.69, 9.17) is 13.9 Å². The maximum atomic E-state index is 13.2. The minimum Gasteiger partial charge on any atom is -0.495 e. The first-order valence-corrected chi connectivity index (χ1v) is 9.74. The number of carbonyl (C=O) groups excluding carboxylic acids is 1. The van der Waals surface area contributed by atoms with Crippen LogP contribution >= 0.6 is 0 Å². The Morgan fingerprint density at radius 1 is 0.968 bits per heavy atom. The van der Waals surface area contributed by atoms with Gasteiger partial charge in [0, 0.05) is 23.1 Å². The van der Waals surface area contributed by atoms with Gasteiger partial charge < -0.3 is 19.2 Å². The summed E-state index contributed by atoms with van der Waals surface area (Å²) in [7, 11) is 1.55. The van der Waals surface area contributed by atoms with Gasteiger partial charge in [-0.25, -0.2) is 4.79 Å². The van der Waals surface area contributed by atoms with E-state index in [9.17, 15) is 9.59 Å². The van der Waals surface area contributed by atoms with Crippen LogP contribution in [0, 0.1) is 6.92 Å². The van der Waals surface area contributed by atoms with Crippen LogP contribution in [0.5, 0.6) is 11.5 Å². The number of ether oxygens (including phenoxy) is 2. The molecule has 1 atom stereocenters. The average molecular weight is 415 g/mol. The van der Waals surface area contributed by atoms with E-state index in [1.807, 2.05) is 49.4 Å². The number of hydrogen-bond donors (Lipinski definition) is 1. The third-order valence-electron chi connectivity index (χ3n) is 4.80. The van der Waals surface area contributed by atoms with Crippen LogP contribution in [0.3, 0.4) is 0 Å². The first kappa shape index (κ1) is 20.2. The Bertz CT molecular complexity index is 1280. The van der Waals surface area contributed by atoms with Crippen LogP contribution in [0.25, 0.3) is 11.0 Å². The van der Waals surface area contributed by atoms with E-state index < -0.39 is 11.7 Å². The number of fused-ring (bicyclic) bond motifs is 1. The molecule has 31 heavy (non-hydrogen) atoms. The summed E-state index contributed by atoms with van der Waals surface area (Å²) in [6, 6.07) is 22.9. The van der Waals surface area contributed by atoms with Gasteiger partial charge in [-0.05, 0) is 42.8 Å². The summed E-state index contributed by atoms with van der Waals surface area (Å²) in [4.78, 5) is 24.8. The van der Waals surface area contributed by atoms with Crippen molar-refractivity contribution in [2.45, 2.75) is 13.0 Å². The molecule has 6 heteroatoms. The van der Waals surface area contributed by atoms with Gasteiger partial charge in [0.05, 0.1) is 12.8 Å². The molecule has 0 spiro atoms. The van der Waals surface area contributed by atoms with E-state index in [0.717, 1.165) is 10.9 Å². The van der Waals surface area contributed by atoms with Gasteiger partial charge in [-0.15, -0.1) is 0 Å². The highest BCUT2D eigenvalue weighted by atomic mass is 16.5. The fourth-order valence-electron chi connectivity index (χ4n) is 3.27. The second-order valence-corrected chi connectivity index (χ2v) is 7.06. The monoisotopic (exact) mass is 415 g/mol. The highest BCUT2D eigenvalue weighted by Crippen LogP contribution is 2.29. The van der Waals surface area contributed by atoms with Crippen molar-refractivity contribution in [3.8, 4) is 11.5 Å². The quantitative estimate of drug-likeness (QED) is 0.455. The Balaban J connectivity index is 1.67. The van der Waals surface area contributed by atoms with Crippen molar-refractivity contribution in [3.63, 3.8) is 0 Å². The zero-order valence-corrected chi connectivity index (χ0v) is 17.1. The molecule has 0 saturated heterocycles. The number of carbonyl (C=O) groups is 1. The first-order chi connectivity index (χ1) is 15.0. The summed E-state index contributed by atoms with van der Waals surface area (Å²) >= 11 is 0. The van der Waals surface area contributed by atoms with Gasteiger partial charge in [0.15, 0.2) is 0 Å². The normalized spacial score (nSPS) is 11.7. The van der Waals surface area contributed by atoms with Gasteiger partial charge in [-0.2, -0.15) is 0 Å². The summed E-state index contributed by atoms with van der Waals surface area (Å²) in [6.07, 6.45) is -0.931. The summed E-state index contributed by atoms with van der Waals surface area (Å²) in [5.41, 5.74) is 2.16. The number of hydrogen-bond acceptors (Lipinski definition) is 5. The Morgan fingerprint density at radius 3 is 2.52 bits per heavy atom. The lowest BCUT2D eigenvalue weighted by Gasteiger charge is -2.20. The molecule has 3 aromatic carbocycles. The van der Waals surface area contributed by atoms with Crippen molar-refractivity contribution in [3.05, 3.63) is 100 Å². The van der Waals surface area contributed by atoms with Crippen molar-refractivity contribution >= 4 is 22.6 Å². The summed E-state index contributed by atoms with van der Waals surface area (Å²) in [5.74, 6) is 0.602. The Morgan fingerprint density at radius 2 is 1.74 bits per heavy atom. The maximum absolute atomic E-state index is 13.2. The average Bonchev–Trinajstić information content (AvgIpc) is 2.78. The molecule has 0 saturated carbocycles. The van der Waals surface area contributed by atoms with Gasteiger partial charge >= 0.3 is 5.63 Å². The fraction of sp³-hybridized carbons (Fsp3) is 0.120. The summed E-state index contributed by atoms with van der Waals surface area (Å²) < 4.78 is 16.7. The smallest absolute Gasteiger partial charge is 0.336 e. The van der Waals surface area contributed by atoms with E-state index in [2.05, 4.69) is 5.32 Å².